The van der Waals surface area contributed by atoms with Gasteiger partial charge in [-0.2, -0.15) is 0 Å². The summed E-state index contributed by atoms with van der Waals surface area (Å²) in [5.41, 5.74) is 10.5. The Morgan fingerprint density at radius 2 is 2.14 bits per heavy atom. The predicted molar refractivity (Wildman–Crippen MR) is 102 cm³/mol. The molecule has 0 aliphatic heterocycles. The van der Waals surface area contributed by atoms with Gasteiger partial charge in [0.1, 0.15) is 5.82 Å². The Morgan fingerprint density at radius 3 is 2.82 bits per heavy atom. The number of aromatic nitrogens is 3. The Kier molecular flexibility index (Phi) is 3.64. The number of carbonyl (C=O) groups is 1. The third-order valence-corrected chi connectivity index (χ3v) is 5.92. The first kappa shape index (κ1) is 17.1. The number of carboxylic acid groups (broad SMARTS) is 1. The lowest BCUT2D eigenvalue weighted by molar-refractivity contribution is 0.0694. The quantitative estimate of drug-likeness (QED) is 0.647. The zero-order valence-electron chi connectivity index (χ0n) is 15.1. The number of hydrogen-bond donors (Lipinski definition) is 3. The first-order valence-electron chi connectivity index (χ1n) is 9.33. The molecule has 0 bridgehead atoms. The number of halogens is 1. The molecule has 142 valence electrons. The Hall–Kier alpha value is -3.06. The molecule has 5 rings (SSSR count). The van der Waals surface area contributed by atoms with Crippen LogP contribution >= 0.6 is 0 Å². The van der Waals surface area contributed by atoms with Crippen molar-refractivity contribution in [2.45, 2.75) is 31.1 Å². The summed E-state index contributed by atoms with van der Waals surface area (Å²) in [6.45, 7) is 0.415. The molecule has 28 heavy (non-hydrogen) atoms. The highest BCUT2D eigenvalue weighted by atomic mass is 19.1. The Balaban J connectivity index is 1.69. The molecule has 0 saturated heterocycles. The highest BCUT2D eigenvalue weighted by Gasteiger charge is 2.48. The summed E-state index contributed by atoms with van der Waals surface area (Å²) in [5, 5.41) is 9.87. The van der Waals surface area contributed by atoms with Crippen LogP contribution in [0.15, 0.2) is 30.5 Å². The zero-order valence-corrected chi connectivity index (χ0v) is 15.1. The number of H-pyrrole nitrogens is 1. The van der Waals surface area contributed by atoms with Crippen molar-refractivity contribution in [3.05, 3.63) is 58.7 Å². The van der Waals surface area contributed by atoms with E-state index in [1.807, 2.05) is 0 Å². The lowest BCUT2D eigenvalue weighted by atomic mass is 9.90. The molecule has 1 aromatic carbocycles. The van der Waals surface area contributed by atoms with Gasteiger partial charge in [0, 0.05) is 29.4 Å². The molecule has 0 amide bonds. The van der Waals surface area contributed by atoms with E-state index in [9.17, 15) is 14.3 Å². The summed E-state index contributed by atoms with van der Waals surface area (Å²) in [5.74, 6) is -0.873. The molecule has 4 N–H and O–H groups in total. The lowest BCUT2D eigenvalue weighted by Gasteiger charge is -2.16. The van der Waals surface area contributed by atoms with Gasteiger partial charge in [-0.15, -0.1) is 0 Å². The molecule has 6 nitrogen and oxygen atoms in total. The second-order valence-electron chi connectivity index (χ2n) is 7.60. The fourth-order valence-corrected chi connectivity index (χ4v) is 4.16. The van der Waals surface area contributed by atoms with E-state index in [1.54, 1.807) is 18.3 Å². The fraction of sp³-hybridized carbons (Fsp3) is 0.286. The normalized spacial score (nSPS) is 16.4. The van der Waals surface area contributed by atoms with Crippen molar-refractivity contribution in [1.82, 2.24) is 15.0 Å². The number of aromatic amines is 1. The van der Waals surface area contributed by atoms with E-state index < -0.39 is 5.97 Å². The number of benzene rings is 1. The van der Waals surface area contributed by atoms with E-state index in [2.05, 4.69) is 15.0 Å². The maximum Gasteiger partial charge on any atom is 0.337 e. The van der Waals surface area contributed by atoms with Crippen molar-refractivity contribution < 1.29 is 14.3 Å². The maximum atomic E-state index is 13.6. The molecule has 2 aromatic heterocycles. The van der Waals surface area contributed by atoms with Crippen molar-refractivity contribution in [2.75, 3.05) is 6.54 Å². The van der Waals surface area contributed by atoms with Crippen LogP contribution in [-0.2, 0) is 18.3 Å². The van der Waals surface area contributed by atoms with Gasteiger partial charge in [0.25, 0.3) is 0 Å². The fourth-order valence-electron chi connectivity index (χ4n) is 4.16. The van der Waals surface area contributed by atoms with E-state index in [0.717, 1.165) is 29.7 Å². The Morgan fingerprint density at radius 1 is 1.32 bits per heavy atom. The second-order valence-corrected chi connectivity index (χ2v) is 7.60. The SMILES string of the molecule is NCC1(c2[nH]c3c(c2C(=O)O)CCc2cnc(-c4cccc(F)c4)nc2-3)CC1. The maximum absolute atomic E-state index is 13.6. The van der Waals surface area contributed by atoms with E-state index in [1.165, 1.54) is 12.1 Å². The molecule has 2 aliphatic rings. The van der Waals surface area contributed by atoms with Gasteiger partial charge < -0.3 is 15.8 Å². The second kappa shape index (κ2) is 5.97. The number of nitrogens with one attached hydrogen (secondary N) is 1. The van der Waals surface area contributed by atoms with Crippen LogP contribution in [0.5, 0.6) is 0 Å². The number of hydrogen-bond acceptors (Lipinski definition) is 4. The van der Waals surface area contributed by atoms with E-state index in [0.29, 0.717) is 47.7 Å². The number of aryl methyl sites for hydroxylation is 1. The molecule has 1 saturated carbocycles. The van der Waals surface area contributed by atoms with Gasteiger partial charge in [0.2, 0.25) is 0 Å². The molecular weight excluding hydrogens is 359 g/mol. The third kappa shape index (κ3) is 2.46. The van der Waals surface area contributed by atoms with Gasteiger partial charge in [-0.3, -0.25) is 0 Å². The van der Waals surface area contributed by atoms with Gasteiger partial charge in [0.15, 0.2) is 5.82 Å². The number of aromatic carboxylic acids is 1. The van der Waals surface area contributed by atoms with Crippen LogP contribution in [0.1, 0.15) is 40.0 Å². The first-order chi connectivity index (χ1) is 13.5. The van der Waals surface area contributed by atoms with E-state index in [-0.39, 0.29) is 11.2 Å². The summed E-state index contributed by atoms with van der Waals surface area (Å²) < 4.78 is 13.6. The molecule has 0 unspecified atom stereocenters. The van der Waals surface area contributed by atoms with Crippen LogP contribution in [0.3, 0.4) is 0 Å². The minimum Gasteiger partial charge on any atom is -0.478 e. The molecule has 2 heterocycles. The number of carboxylic acids is 1. The van der Waals surface area contributed by atoms with Crippen LogP contribution in [0, 0.1) is 5.82 Å². The molecule has 7 heteroatoms. The minimum atomic E-state index is -0.935. The summed E-state index contributed by atoms with van der Waals surface area (Å²) in [6.07, 6.45) is 4.80. The monoisotopic (exact) mass is 378 g/mol. The van der Waals surface area contributed by atoms with Crippen molar-refractivity contribution in [3.63, 3.8) is 0 Å². The molecule has 2 aliphatic carbocycles. The Bertz CT molecular complexity index is 1120. The Labute approximate surface area is 160 Å². The van der Waals surface area contributed by atoms with Gasteiger partial charge in [-0.05, 0) is 48.9 Å². The average Bonchev–Trinajstić information content (AvgIpc) is 3.39. The average molecular weight is 378 g/mol. The highest BCUT2D eigenvalue weighted by Crippen LogP contribution is 2.50. The minimum absolute atomic E-state index is 0.274. The van der Waals surface area contributed by atoms with E-state index in [4.69, 9.17) is 5.73 Å². The van der Waals surface area contributed by atoms with Crippen molar-refractivity contribution in [3.8, 4) is 22.8 Å². The van der Waals surface area contributed by atoms with Crippen LogP contribution in [0.4, 0.5) is 4.39 Å². The summed E-state index contributed by atoms with van der Waals surface area (Å²) in [6, 6.07) is 6.14. The third-order valence-electron chi connectivity index (χ3n) is 5.92. The number of nitrogens with zero attached hydrogens (tertiary/aromatic N) is 2. The zero-order chi connectivity index (χ0) is 19.5. The molecule has 0 atom stereocenters. The van der Waals surface area contributed by atoms with Gasteiger partial charge >= 0.3 is 5.97 Å². The molecule has 3 aromatic rings. The summed E-state index contributed by atoms with van der Waals surface area (Å²) >= 11 is 0. The van der Waals surface area contributed by atoms with Crippen LogP contribution in [0.2, 0.25) is 0 Å². The summed E-state index contributed by atoms with van der Waals surface area (Å²) in [7, 11) is 0. The molecular formula is C21H19FN4O2. The van der Waals surface area contributed by atoms with Gasteiger partial charge in [0.05, 0.1) is 17.0 Å². The predicted octanol–water partition coefficient (Wildman–Crippen LogP) is 3.06. The number of nitrogens with two attached hydrogens (primary N) is 1. The van der Waals surface area contributed by atoms with Crippen molar-refractivity contribution in [1.29, 1.82) is 0 Å². The smallest absolute Gasteiger partial charge is 0.337 e. The van der Waals surface area contributed by atoms with Crippen LogP contribution in [-0.4, -0.2) is 32.6 Å². The summed E-state index contributed by atoms with van der Waals surface area (Å²) in [4.78, 5) is 24.5. The molecule has 1 fully saturated rings. The molecule has 0 spiro atoms. The first-order valence-corrected chi connectivity index (χ1v) is 9.33. The highest BCUT2D eigenvalue weighted by molar-refractivity contribution is 5.95. The largest absolute Gasteiger partial charge is 0.478 e. The lowest BCUT2D eigenvalue weighted by Crippen LogP contribution is -2.23. The van der Waals surface area contributed by atoms with Crippen LogP contribution in [0.25, 0.3) is 22.8 Å². The number of fused-ring (bicyclic) bond motifs is 3. The van der Waals surface area contributed by atoms with Gasteiger partial charge in [-0.25, -0.2) is 19.2 Å². The standard InChI is InChI=1S/C21H19FN4O2/c22-13-3-1-2-11(8-13)19-24-9-12-4-5-14-15(20(27)28)18(21(10-23)6-7-21)25-17(14)16(12)26-19/h1-3,8-9,25H,4-7,10,23H2,(H,27,28). The van der Waals surface area contributed by atoms with Crippen molar-refractivity contribution in [2.24, 2.45) is 5.73 Å². The topological polar surface area (TPSA) is 105 Å². The van der Waals surface area contributed by atoms with Crippen molar-refractivity contribution >= 4 is 5.97 Å². The van der Waals surface area contributed by atoms with Gasteiger partial charge in [-0.1, -0.05) is 12.1 Å². The van der Waals surface area contributed by atoms with Crippen LogP contribution < -0.4 is 5.73 Å². The molecule has 0 radical (unpaired) electrons. The van der Waals surface area contributed by atoms with E-state index >= 15 is 0 Å². The number of rotatable bonds is 4.